The summed E-state index contributed by atoms with van der Waals surface area (Å²) >= 11 is 0. The minimum Gasteiger partial charge on any atom is -0.395 e. The van der Waals surface area contributed by atoms with Crippen molar-refractivity contribution in [3.8, 4) is 0 Å². The topological polar surface area (TPSA) is 70.0 Å². The number of aliphatic hydroxyl groups excluding tert-OH is 1. The summed E-state index contributed by atoms with van der Waals surface area (Å²) in [6.07, 6.45) is 5.40. The molecule has 0 amide bonds. The van der Waals surface area contributed by atoms with E-state index in [4.69, 9.17) is 5.11 Å². The number of nitrogens with zero attached hydrogens (tertiary/aromatic N) is 4. The molecule has 6 nitrogen and oxygen atoms in total. The van der Waals surface area contributed by atoms with Gasteiger partial charge in [0.15, 0.2) is 0 Å². The molecular weight excluding hydrogens is 230 g/mol. The largest absolute Gasteiger partial charge is 0.395 e. The number of aliphatic hydroxyl groups is 1. The number of aromatic amines is 1. The maximum Gasteiger partial charge on any atom is 0.122 e. The van der Waals surface area contributed by atoms with Crippen LogP contribution in [0, 0.1) is 6.92 Å². The standard InChI is InChI=1S/C12H19N5O/c1-10-11(15-9-14-10)7-17(5-6-18)8-12-13-3-4-16(12)2/h3-4,9,18H,5-8H2,1-2H3,(H,14,15). The zero-order chi connectivity index (χ0) is 13.0. The normalized spacial score (nSPS) is 11.3. The van der Waals surface area contributed by atoms with E-state index in [1.165, 1.54) is 0 Å². The molecule has 2 rings (SSSR count). The van der Waals surface area contributed by atoms with Crippen molar-refractivity contribution in [1.82, 2.24) is 24.4 Å². The lowest BCUT2D eigenvalue weighted by Gasteiger charge is -2.20. The minimum atomic E-state index is 0.133. The van der Waals surface area contributed by atoms with Crippen LogP contribution in [0.5, 0.6) is 0 Å². The number of aryl methyl sites for hydroxylation is 2. The van der Waals surface area contributed by atoms with Gasteiger partial charge in [0, 0.05) is 38.2 Å². The van der Waals surface area contributed by atoms with E-state index in [9.17, 15) is 0 Å². The molecule has 0 atom stereocenters. The summed E-state index contributed by atoms with van der Waals surface area (Å²) in [7, 11) is 1.97. The van der Waals surface area contributed by atoms with Crippen LogP contribution in [0.1, 0.15) is 17.2 Å². The number of rotatable bonds is 6. The molecule has 0 fully saturated rings. The van der Waals surface area contributed by atoms with E-state index in [1.54, 1.807) is 12.5 Å². The van der Waals surface area contributed by atoms with Gasteiger partial charge >= 0.3 is 0 Å². The highest BCUT2D eigenvalue weighted by molar-refractivity contribution is 5.08. The van der Waals surface area contributed by atoms with E-state index in [0.717, 1.165) is 17.2 Å². The molecule has 2 aromatic heterocycles. The first-order valence-corrected chi connectivity index (χ1v) is 5.99. The highest BCUT2D eigenvalue weighted by Crippen LogP contribution is 2.08. The van der Waals surface area contributed by atoms with Crippen molar-refractivity contribution in [3.63, 3.8) is 0 Å². The predicted molar refractivity (Wildman–Crippen MR) is 67.7 cm³/mol. The van der Waals surface area contributed by atoms with Gasteiger partial charge in [-0.05, 0) is 6.92 Å². The molecule has 0 aliphatic carbocycles. The summed E-state index contributed by atoms with van der Waals surface area (Å²) in [5, 5.41) is 9.14. The first kappa shape index (κ1) is 12.8. The molecule has 6 heteroatoms. The Morgan fingerprint density at radius 2 is 2.22 bits per heavy atom. The second-order valence-electron chi connectivity index (χ2n) is 4.36. The van der Waals surface area contributed by atoms with Gasteiger partial charge in [0.1, 0.15) is 5.82 Å². The average Bonchev–Trinajstić information content (AvgIpc) is 2.90. The van der Waals surface area contributed by atoms with Crippen molar-refractivity contribution in [2.24, 2.45) is 7.05 Å². The van der Waals surface area contributed by atoms with Crippen LogP contribution in [0.2, 0.25) is 0 Å². The van der Waals surface area contributed by atoms with Gasteiger partial charge in [-0.2, -0.15) is 0 Å². The minimum absolute atomic E-state index is 0.133. The molecule has 0 radical (unpaired) electrons. The van der Waals surface area contributed by atoms with Gasteiger partial charge in [0.2, 0.25) is 0 Å². The molecule has 0 saturated carbocycles. The molecule has 0 aliphatic rings. The van der Waals surface area contributed by atoms with Crippen LogP contribution in [0.4, 0.5) is 0 Å². The molecule has 98 valence electrons. The lowest BCUT2D eigenvalue weighted by Crippen LogP contribution is -2.27. The Morgan fingerprint density at radius 3 is 2.78 bits per heavy atom. The van der Waals surface area contributed by atoms with Gasteiger partial charge in [0.05, 0.1) is 25.2 Å². The zero-order valence-corrected chi connectivity index (χ0v) is 10.8. The predicted octanol–water partition coefficient (Wildman–Crippen LogP) is 0.446. The fourth-order valence-electron chi connectivity index (χ4n) is 1.86. The molecule has 0 spiro atoms. The number of aromatic nitrogens is 4. The Kier molecular flexibility index (Phi) is 4.11. The van der Waals surface area contributed by atoms with Crippen LogP contribution in [0.15, 0.2) is 18.7 Å². The van der Waals surface area contributed by atoms with Gasteiger partial charge < -0.3 is 14.7 Å². The Balaban J connectivity index is 2.04. The van der Waals surface area contributed by atoms with E-state index in [2.05, 4.69) is 19.9 Å². The Morgan fingerprint density at radius 1 is 1.39 bits per heavy atom. The molecular formula is C12H19N5O. The van der Waals surface area contributed by atoms with E-state index in [-0.39, 0.29) is 6.61 Å². The van der Waals surface area contributed by atoms with Crippen molar-refractivity contribution in [2.75, 3.05) is 13.2 Å². The van der Waals surface area contributed by atoms with Crippen LogP contribution in [-0.4, -0.2) is 42.7 Å². The summed E-state index contributed by atoms with van der Waals surface area (Å²) in [5.74, 6) is 0.983. The molecule has 0 bridgehead atoms. The molecule has 2 heterocycles. The van der Waals surface area contributed by atoms with Gasteiger partial charge in [0.25, 0.3) is 0 Å². The second-order valence-corrected chi connectivity index (χ2v) is 4.36. The van der Waals surface area contributed by atoms with Crippen molar-refractivity contribution in [2.45, 2.75) is 20.0 Å². The van der Waals surface area contributed by atoms with E-state index in [0.29, 0.717) is 19.6 Å². The maximum atomic E-state index is 9.14. The number of imidazole rings is 2. The van der Waals surface area contributed by atoms with Crippen LogP contribution < -0.4 is 0 Å². The number of hydrogen-bond donors (Lipinski definition) is 2. The fraction of sp³-hybridized carbons (Fsp3) is 0.500. The molecule has 2 N–H and O–H groups in total. The third kappa shape index (κ3) is 2.96. The van der Waals surface area contributed by atoms with E-state index in [1.807, 2.05) is 24.7 Å². The van der Waals surface area contributed by atoms with Crippen LogP contribution >= 0.6 is 0 Å². The molecule has 0 unspecified atom stereocenters. The second kappa shape index (κ2) is 5.79. The smallest absolute Gasteiger partial charge is 0.122 e. The number of hydrogen-bond acceptors (Lipinski definition) is 4. The Labute approximate surface area is 106 Å². The zero-order valence-electron chi connectivity index (χ0n) is 10.8. The maximum absolute atomic E-state index is 9.14. The van der Waals surface area contributed by atoms with Gasteiger partial charge in [-0.1, -0.05) is 0 Å². The van der Waals surface area contributed by atoms with Crippen molar-refractivity contribution < 1.29 is 5.11 Å². The third-order valence-electron chi connectivity index (χ3n) is 3.01. The quantitative estimate of drug-likeness (QED) is 0.779. The van der Waals surface area contributed by atoms with E-state index < -0.39 is 0 Å². The molecule has 0 aliphatic heterocycles. The van der Waals surface area contributed by atoms with Gasteiger partial charge in [-0.15, -0.1) is 0 Å². The Bertz CT molecular complexity index is 448. The van der Waals surface area contributed by atoms with E-state index >= 15 is 0 Å². The van der Waals surface area contributed by atoms with Crippen molar-refractivity contribution in [1.29, 1.82) is 0 Å². The van der Waals surface area contributed by atoms with Crippen molar-refractivity contribution in [3.05, 3.63) is 35.9 Å². The lowest BCUT2D eigenvalue weighted by atomic mass is 10.3. The molecule has 2 aromatic rings. The number of H-pyrrole nitrogens is 1. The number of nitrogens with one attached hydrogen (secondary N) is 1. The first-order valence-electron chi connectivity index (χ1n) is 5.99. The lowest BCUT2D eigenvalue weighted by molar-refractivity contribution is 0.178. The molecule has 0 saturated heterocycles. The summed E-state index contributed by atoms with van der Waals surface area (Å²) in [5.41, 5.74) is 2.08. The van der Waals surface area contributed by atoms with Crippen LogP contribution in [0.3, 0.4) is 0 Å². The molecule has 0 aromatic carbocycles. The summed E-state index contributed by atoms with van der Waals surface area (Å²) < 4.78 is 1.99. The summed E-state index contributed by atoms with van der Waals surface area (Å²) in [4.78, 5) is 13.8. The summed E-state index contributed by atoms with van der Waals surface area (Å²) in [6.45, 7) is 4.16. The molecule has 18 heavy (non-hydrogen) atoms. The van der Waals surface area contributed by atoms with Gasteiger partial charge in [-0.3, -0.25) is 4.90 Å². The highest BCUT2D eigenvalue weighted by atomic mass is 16.3. The van der Waals surface area contributed by atoms with Crippen LogP contribution in [-0.2, 0) is 20.1 Å². The monoisotopic (exact) mass is 249 g/mol. The van der Waals surface area contributed by atoms with Crippen molar-refractivity contribution >= 4 is 0 Å². The Hall–Kier alpha value is -1.66. The fourth-order valence-corrected chi connectivity index (χ4v) is 1.86. The van der Waals surface area contributed by atoms with Gasteiger partial charge in [-0.25, -0.2) is 9.97 Å². The van der Waals surface area contributed by atoms with Crippen LogP contribution in [0.25, 0.3) is 0 Å². The summed E-state index contributed by atoms with van der Waals surface area (Å²) in [6, 6.07) is 0. The highest BCUT2D eigenvalue weighted by Gasteiger charge is 2.12. The third-order valence-corrected chi connectivity index (χ3v) is 3.01. The SMILES string of the molecule is Cc1[nH]cnc1CN(CCO)Cc1nccn1C. The first-order chi connectivity index (χ1) is 8.70. The average molecular weight is 249 g/mol.